The summed E-state index contributed by atoms with van der Waals surface area (Å²) >= 11 is 3.88. The second-order valence-electron chi connectivity index (χ2n) is 7.65. The summed E-state index contributed by atoms with van der Waals surface area (Å²) in [5, 5.41) is 0. The van der Waals surface area contributed by atoms with Gasteiger partial charge in [0.25, 0.3) is 0 Å². The molecule has 0 aliphatic carbocycles. The molecule has 0 saturated carbocycles. The molecule has 0 aliphatic heterocycles. The van der Waals surface area contributed by atoms with Crippen LogP contribution in [0.2, 0.25) is 0 Å². The van der Waals surface area contributed by atoms with Crippen molar-refractivity contribution in [3.8, 4) is 0 Å². The fourth-order valence-corrected chi connectivity index (χ4v) is 3.83. The van der Waals surface area contributed by atoms with Gasteiger partial charge in [-0.2, -0.15) is 0 Å². The van der Waals surface area contributed by atoms with E-state index in [0.29, 0.717) is 4.95 Å². The Morgan fingerprint density at radius 1 is 0.583 bits per heavy atom. The van der Waals surface area contributed by atoms with Crippen molar-refractivity contribution in [2.75, 3.05) is 13.6 Å². The minimum atomic E-state index is 0.585. The van der Waals surface area contributed by atoms with Gasteiger partial charge in [-0.25, -0.2) is 0 Å². The maximum atomic E-state index is 3.88. The number of halogens is 1. The summed E-state index contributed by atoms with van der Waals surface area (Å²) in [7, 11) is 2.28. The highest BCUT2D eigenvalue weighted by Crippen LogP contribution is 2.17. The average Bonchev–Trinajstić information content (AvgIpc) is 2.59. The van der Waals surface area contributed by atoms with Crippen LogP contribution in [0.4, 0.5) is 0 Å². The van der Waals surface area contributed by atoms with E-state index in [1.165, 1.54) is 116 Å². The molecule has 0 saturated heterocycles. The first-order valence-corrected chi connectivity index (χ1v) is 12.0. The SMILES string of the molecule is CCCCCCCCCCC(Br)N(C)CCCCCCCCCC. The molecule has 146 valence electrons. The van der Waals surface area contributed by atoms with Crippen LogP contribution in [0.1, 0.15) is 123 Å². The molecule has 0 aromatic rings. The smallest absolute Gasteiger partial charge is 0.0653 e. The molecule has 1 unspecified atom stereocenters. The van der Waals surface area contributed by atoms with Gasteiger partial charge in [-0.05, 0) is 26.4 Å². The molecule has 0 radical (unpaired) electrons. The van der Waals surface area contributed by atoms with Crippen LogP contribution < -0.4 is 0 Å². The lowest BCUT2D eigenvalue weighted by molar-refractivity contribution is 0.294. The molecule has 24 heavy (non-hydrogen) atoms. The third-order valence-corrected chi connectivity index (χ3v) is 6.30. The summed E-state index contributed by atoms with van der Waals surface area (Å²) in [6.45, 7) is 5.84. The quantitative estimate of drug-likeness (QED) is 0.119. The molecule has 0 rings (SSSR count). The first kappa shape index (κ1) is 24.4. The molecule has 1 nitrogen and oxygen atoms in total. The van der Waals surface area contributed by atoms with E-state index in [1.54, 1.807) is 0 Å². The van der Waals surface area contributed by atoms with Crippen LogP contribution in [0, 0.1) is 0 Å². The van der Waals surface area contributed by atoms with Crippen molar-refractivity contribution in [3.63, 3.8) is 0 Å². The molecule has 0 amide bonds. The molecule has 1 atom stereocenters. The molecule has 0 heterocycles. The van der Waals surface area contributed by atoms with Crippen molar-refractivity contribution in [1.29, 1.82) is 0 Å². The highest BCUT2D eigenvalue weighted by molar-refractivity contribution is 9.09. The molecule has 0 bridgehead atoms. The van der Waals surface area contributed by atoms with Crippen molar-refractivity contribution < 1.29 is 0 Å². The Morgan fingerprint density at radius 3 is 1.42 bits per heavy atom. The summed E-state index contributed by atoms with van der Waals surface area (Å²) in [6.07, 6.45) is 24.0. The van der Waals surface area contributed by atoms with Crippen LogP contribution in [-0.2, 0) is 0 Å². The number of rotatable bonds is 19. The molecule has 0 aromatic heterocycles. The van der Waals surface area contributed by atoms with Gasteiger partial charge in [-0.3, -0.25) is 4.90 Å². The second-order valence-corrected chi connectivity index (χ2v) is 8.71. The highest BCUT2D eigenvalue weighted by atomic mass is 79.9. The molecule has 0 N–H and O–H groups in total. The Bertz CT molecular complexity index is 208. The Kier molecular flexibility index (Phi) is 20.1. The Labute approximate surface area is 162 Å². The Morgan fingerprint density at radius 2 is 0.958 bits per heavy atom. The van der Waals surface area contributed by atoms with Gasteiger partial charge in [0.2, 0.25) is 0 Å². The van der Waals surface area contributed by atoms with Gasteiger partial charge in [0.05, 0.1) is 4.95 Å². The van der Waals surface area contributed by atoms with E-state index in [2.05, 4.69) is 41.7 Å². The van der Waals surface area contributed by atoms with Gasteiger partial charge in [0.15, 0.2) is 0 Å². The van der Waals surface area contributed by atoms with Crippen molar-refractivity contribution in [3.05, 3.63) is 0 Å². The first-order chi connectivity index (χ1) is 11.7. The lowest BCUT2D eigenvalue weighted by Gasteiger charge is -2.23. The number of unbranched alkanes of at least 4 members (excludes halogenated alkanes) is 14. The molecule has 0 fully saturated rings. The molecule has 0 spiro atoms. The minimum Gasteiger partial charge on any atom is -0.294 e. The van der Waals surface area contributed by atoms with Crippen LogP contribution in [0.25, 0.3) is 0 Å². The fourth-order valence-electron chi connectivity index (χ4n) is 3.30. The van der Waals surface area contributed by atoms with Crippen LogP contribution in [0.3, 0.4) is 0 Å². The predicted octanol–water partition coefficient (Wildman–Crippen LogP) is 8.31. The van der Waals surface area contributed by atoms with Crippen LogP contribution in [0.15, 0.2) is 0 Å². The first-order valence-electron chi connectivity index (χ1n) is 11.1. The van der Waals surface area contributed by atoms with Crippen molar-refractivity contribution in [2.24, 2.45) is 0 Å². The van der Waals surface area contributed by atoms with E-state index in [4.69, 9.17) is 0 Å². The van der Waals surface area contributed by atoms with Crippen molar-refractivity contribution in [1.82, 2.24) is 4.90 Å². The van der Waals surface area contributed by atoms with Gasteiger partial charge < -0.3 is 0 Å². The van der Waals surface area contributed by atoms with E-state index in [-0.39, 0.29) is 0 Å². The zero-order chi connectivity index (χ0) is 17.9. The van der Waals surface area contributed by atoms with E-state index in [1.807, 2.05) is 0 Å². The van der Waals surface area contributed by atoms with Crippen LogP contribution in [-0.4, -0.2) is 23.4 Å². The second kappa shape index (κ2) is 19.8. The summed E-state index contributed by atoms with van der Waals surface area (Å²) in [5.74, 6) is 0. The lowest BCUT2D eigenvalue weighted by atomic mass is 10.1. The van der Waals surface area contributed by atoms with E-state index < -0.39 is 0 Å². The van der Waals surface area contributed by atoms with Gasteiger partial charge in [-0.1, -0.05) is 126 Å². The third-order valence-electron chi connectivity index (χ3n) is 5.14. The monoisotopic (exact) mass is 403 g/mol. The fraction of sp³-hybridized carbons (Fsp3) is 1.00. The zero-order valence-corrected chi connectivity index (χ0v) is 18.7. The number of alkyl halides is 1. The summed E-state index contributed by atoms with van der Waals surface area (Å²) in [4.78, 5) is 3.10. The molecular formula is C22H46BrN. The standard InChI is InChI=1S/C22H46BrN/c1-4-6-8-10-12-14-16-18-20-22(23)24(3)21-19-17-15-13-11-9-7-5-2/h22H,4-21H2,1-3H3. The Hall–Kier alpha value is 0.440. The van der Waals surface area contributed by atoms with Crippen molar-refractivity contribution >= 4 is 15.9 Å². The Balaban J connectivity index is 3.32. The van der Waals surface area contributed by atoms with Crippen LogP contribution in [0.5, 0.6) is 0 Å². The maximum absolute atomic E-state index is 3.88. The summed E-state index contributed by atoms with van der Waals surface area (Å²) in [5.41, 5.74) is 0. The molecular weight excluding hydrogens is 358 g/mol. The molecule has 0 aliphatic rings. The normalized spacial score (nSPS) is 12.9. The lowest BCUT2D eigenvalue weighted by Crippen LogP contribution is -2.27. The van der Waals surface area contributed by atoms with E-state index in [9.17, 15) is 0 Å². The van der Waals surface area contributed by atoms with Crippen LogP contribution >= 0.6 is 15.9 Å². The largest absolute Gasteiger partial charge is 0.294 e. The number of nitrogens with zero attached hydrogens (tertiary/aromatic N) is 1. The van der Waals surface area contributed by atoms with Gasteiger partial charge >= 0.3 is 0 Å². The highest BCUT2D eigenvalue weighted by Gasteiger charge is 2.09. The van der Waals surface area contributed by atoms with Gasteiger partial charge in [0.1, 0.15) is 0 Å². The third kappa shape index (κ3) is 17.3. The number of hydrogen-bond acceptors (Lipinski definition) is 1. The molecule has 0 aromatic carbocycles. The number of hydrogen-bond donors (Lipinski definition) is 0. The molecule has 2 heteroatoms. The van der Waals surface area contributed by atoms with E-state index in [0.717, 1.165) is 0 Å². The van der Waals surface area contributed by atoms with Gasteiger partial charge in [0, 0.05) is 0 Å². The average molecular weight is 405 g/mol. The van der Waals surface area contributed by atoms with Gasteiger partial charge in [-0.15, -0.1) is 0 Å². The minimum absolute atomic E-state index is 0.585. The van der Waals surface area contributed by atoms with Crippen molar-refractivity contribution in [2.45, 2.75) is 128 Å². The zero-order valence-electron chi connectivity index (χ0n) is 17.1. The van der Waals surface area contributed by atoms with E-state index >= 15 is 0 Å². The summed E-state index contributed by atoms with van der Waals surface area (Å²) in [6, 6.07) is 0. The summed E-state index contributed by atoms with van der Waals surface area (Å²) < 4.78 is 0. The predicted molar refractivity (Wildman–Crippen MR) is 115 cm³/mol. The topological polar surface area (TPSA) is 3.24 Å². The maximum Gasteiger partial charge on any atom is 0.0653 e.